The van der Waals surface area contributed by atoms with Crippen LogP contribution in [0.4, 0.5) is 0 Å². The fourth-order valence-corrected chi connectivity index (χ4v) is 5.67. The first-order chi connectivity index (χ1) is 33.5. The van der Waals surface area contributed by atoms with Gasteiger partial charge in [0.1, 0.15) is 5.78 Å². The Morgan fingerprint density at radius 1 is 0.452 bits per heavy atom. The predicted octanol–water partition coefficient (Wildman–Crippen LogP) is 7.11. The smallest absolute Gasteiger partial charge is 1.00 e. The Balaban J connectivity index is -0.000000151. The molecular formula is C61H92BN3NaO6Ti. The molecule has 0 bridgehead atoms. The standard InChI is InChI=1S/C16H19N.C16H17N.C15H14O.4C3H8O.CH5N.CH4O.B.Na.Ti.H/c2*1-17-16(12-14-8-4-2-5-9-14)13-15-10-6-3-7-11-15;16-15(11-13-7-3-1-4-8-13)12-14-9-5-2-6-10-14;4*1-3(2)4;2*1-2;;;;/h2-11,16-17H,12-13H2,1H3;2-11H,12-13H2,1H3;1-10H,11-12H2;4*3-4H,1-2H3;2H2,1H3;2H,1H3;;;;/q;;;;;;;;;;+1;;-1. The maximum atomic E-state index is 11.8. The second-order valence-corrected chi connectivity index (χ2v) is 16.7. The van der Waals surface area contributed by atoms with Crippen LogP contribution in [-0.2, 0) is 65.0 Å². The molecule has 3 radical (unpaired) electrons. The summed E-state index contributed by atoms with van der Waals surface area (Å²) in [5.74, 6) is 0.261. The van der Waals surface area contributed by atoms with Crippen molar-refractivity contribution in [3.63, 3.8) is 0 Å². The summed E-state index contributed by atoms with van der Waals surface area (Å²) < 4.78 is 0. The SMILES string of the molecule is CC(C)O.CC(C)O.CC(C)O.CC(C)O.CN.CN=C(Cc1ccccc1)Cc1ccccc1.CNC(Cc1ccccc1)Cc1ccccc1.CO.O=C(Cc1ccccc1)Cc1ccccc1.[B].[H-].[Na+].[Ti]. The molecule has 6 aromatic rings. The topological polar surface area (TPSA) is 169 Å². The third-order valence-corrected chi connectivity index (χ3v) is 8.36. The Morgan fingerprint density at radius 2 is 0.630 bits per heavy atom. The van der Waals surface area contributed by atoms with Crippen LogP contribution in [0.1, 0.15) is 90.2 Å². The van der Waals surface area contributed by atoms with Gasteiger partial charge in [-0.2, -0.15) is 0 Å². The normalized spacial score (nSPS) is 9.14. The number of benzene rings is 6. The van der Waals surface area contributed by atoms with Crippen molar-refractivity contribution in [2.24, 2.45) is 10.7 Å². The maximum absolute atomic E-state index is 11.8. The van der Waals surface area contributed by atoms with Gasteiger partial charge in [-0.15, -0.1) is 0 Å². The van der Waals surface area contributed by atoms with Gasteiger partial charge in [0.2, 0.25) is 0 Å². The summed E-state index contributed by atoms with van der Waals surface area (Å²) in [7, 11) is 6.41. The summed E-state index contributed by atoms with van der Waals surface area (Å²) >= 11 is 0. The summed E-state index contributed by atoms with van der Waals surface area (Å²) in [5.41, 5.74) is 13.3. The van der Waals surface area contributed by atoms with Gasteiger partial charge in [-0.05, 0) is 116 Å². The molecule has 0 amide bonds. The van der Waals surface area contributed by atoms with E-state index in [0.29, 0.717) is 18.9 Å². The second kappa shape index (κ2) is 57.4. The van der Waals surface area contributed by atoms with E-state index in [1.807, 2.05) is 86.9 Å². The molecule has 6 rings (SSSR count). The number of hydrogen-bond donors (Lipinski definition) is 7. The van der Waals surface area contributed by atoms with Gasteiger partial charge in [-0.3, -0.25) is 9.79 Å². The number of likely N-dealkylation sites (N-methyl/N-ethyl adjacent to an activating group) is 1. The number of ketones is 1. The van der Waals surface area contributed by atoms with Crippen LogP contribution in [0.15, 0.2) is 187 Å². The van der Waals surface area contributed by atoms with Crippen LogP contribution < -0.4 is 40.6 Å². The maximum Gasteiger partial charge on any atom is 1.00 e. The van der Waals surface area contributed by atoms with Crippen molar-refractivity contribution in [1.82, 2.24) is 5.32 Å². The first-order valence-electron chi connectivity index (χ1n) is 24.2. The third-order valence-electron chi connectivity index (χ3n) is 8.36. The van der Waals surface area contributed by atoms with E-state index in [-0.39, 0.29) is 91.3 Å². The average Bonchev–Trinajstić information content (AvgIpc) is 3.34. The minimum Gasteiger partial charge on any atom is -1.00 e. The van der Waals surface area contributed by atoms with Gasteiger partial charge in [0.15, 0.2) is 0 Å². The van der Waals surface area contributed by atoms with Crippen molar-refractivity contribution in [2.75, 3.05) is 28.3 Å². The molecule has 8 N–H and O–H groups in total. The van der Waals surface area contributed by atoms with Crippen molar-refractivity contribution in [3.05, 3.63) is 215 Å². The summed E-state index contributed by atoms with van der Waals surface area (Å²) in [6.45, 7) is 13.8. The molecule has 73 heavy (non-hydrogen) atoms. The largest absolute Gasteiger partial charge is 1.00 e. The molecule has 0 saturated heterocycles. The van der Waals surface area contributed by atoms with E-state index in [2.05, 4.69) is 125 Å². The number of nitrogens with two attached hydrogens (primary N) is 1. The van der Waals surface area contributed by atoms with Gasteiger partial charge in [-0.1, -0.05) is 182 Å². The van der Waals surface area contributed by atoms with Crippen LogP contribution in [0.2, 0.25) is 0 Å². The number of aliphatic hydroxyl groups is 5. The van der Waals surface area contributed by atoms with Crippen molar-refractivity contribution in [2.45, 2.75) is 124 Å². The summed E-state index contributed by atoms with van der Waals surface area (Å²) in [6, 6.07) is 62.5. The Morgan fingerprint density at radius 3 is 0.808 bits per heavy atom. The number of hydrogen-bond acceptors (Lipinski definition) is 9. The fraction of sp³-hybridized carbons (Fsp3) is 0.377. The molecule has 0 saturated carbocycles. The minimum absolute atomic E-state index is 0. The van der Waals surface area contributed by atoms with Crippen molar-refractivity contribution >= 4 is 19.9 Å². The molecule has 0 aliphatic rings. The van der Waals surface area contributed by atoms with E-state index in [1.165, 1.54) is 35.0 Å². The Labute approximate surface area is 483 Å². The number of nitrogens with zero attached hydrogens (tertiary/aromatic N) is 1. The van der Waals surface area contributed by atoms with Gasteiger partial charge in [0, 0.05) is 106 Å². The predicted molar refractivity (Wildman–Crippen MR) is 307 cm³/mol. The number of carbonyl (C=O) groups excluding carboxylic acids is 1. The third kappa shape index (κ3) is 57.3. The first kappa shape index (κ1) is 80.5. The molecule has 0 unspecified atom stereocenters. The summed E-state index contributed by atoms with van der Waals surface area (Å²) in [5, 5.41) is 42.6. The molecule has 9 nitrogen and oxygen atoms in total. The molecule has 0 aliphatic carbocycles. The van der Waals surface area contributed by atoms with E-state index in [0.717, 1.165) is 43.9 Å². The van der Waals surface area contributed by atoms with Crippen molar-refractivity contribution < 1.29 is 83.0 Å². The second-order valence-electron chi connectivity index (χ2n) is 16.7. The Hall–Kier alpha value is -3.84. The van der Waals surface area contributed by atoms with E-state index < -0.39 is 0 Å². The number of carbonyl (C=O) groups is 1. The number of Topliss-reactive ketones (excluding diaryl/α,β-unsaturated/α-hetero) is 1. The van der Waals surface area contributed by atoms with E-state index in [9.17, 15) is 4.79 Å². The van der Waals surface area contributed by atoms with Gasteiger partial charge in [0.05, 0.1) is 0 Å². The number of nitrogens with one attached hydrogen (secondary N) is 1. The molecular weight excluding hydrogens is 952 g/mol. The summed E-state index contributed by atoms with van der Waals surface area (Å²) in [4.78, 5) is 16.2. The van der Waals surface area contributed by atoms with E-state index in [4.69, 9.17) is 25.5 Å². The quantitative estimate of drug-likeness (QED) is 0.0475. The van der Waals surface area contributed by atoms with Gasteiger partial charge in [-0.25, -0.2) is 0 Å². The van der Waals surface area contributed by atoms with Gasteiger partial charge < -0.3 is 38.0 Å². The molecule has 0 aliphatic heterocycles. The molecule has 0 spiro atoms. The van der Waals surface area contributed by atoms with Crippen LogP contribution in [0.5, 0.6) is 0 Å². The fourth-order valence-electron chi connectivity index (χ4n) is 5.67. The summed E-state index contributed by atoms with van der Waals surface area (Å²) in [6.07, 6.45) is 4.41. The van der Waals surface area contributed by atoms with E-state index >= 15 is 0 Å². The van der Waals surface area contributed by atoms with Crippen LogP contribution in [0.3, 0.4) is 0 Å². The molecule has 12 heteroatoms. The zero-order valence-corrected chi connectivity index (χ0v) is 50.3. The number of aliphatic hydroxyl groups excluding tert-OH is 5. The zero-order valence-electron chi connectivity index (χ0n) is 47.7. The van der Waals surface area contributed by atoms with E-state index in [1.54, 1.807) is 55.4 Å². The molecule has 395 valence electrons. The van der Waals surface area contributed by atoms with Crippen LogP contribution in [0, 0.1) is 0 Å². The molecule has 0 heterocycles. The van der Waals surface area contributed by atoms with Crippen LogP contribution in [-0.4, -0.2) is 104 Å². The Kier molecular flexibility index (Phi) is 63.4. The molecule has 6 aromatic carbocycles. The van der Waals surface area contributed by atoms with Gasteiger partial charge >= 0.3 is 29.6 Å². The van der Waals surface area contributed by atoms with Gasteiger partial charge in [0.25, 0.3) is 0 Å². The minimum atomic E-state index is -0.167. The monoisotopic (exact) mass is 1040 g/mol. The molecule has 0 aromatic heterocycles. The van der Waals surface area contributed by atoms with Crippen molar-refractivity contribution in [3.8, 4) is 0 Å². The Bertz CT molecular complexity index is 1870. The number of aliphatic imine (C=N–C) groups is 1. The van der Waals surface area contributed by atoms with Crippen LogP contribution >= 0.6 is 0 Å². The zero-order chi connectivity index (χ0) is 53.4. The number of rotatable bonds is 13. The first-order valence-corrected chi connectivity index (χ1v) is 24.2. The molecule has 0 fully saturated rings. The average molecular weight is 1050 g/mol. The van der Waals surface area contributed by atoms with Crippen molar-refractivity contribution in [1.29, 1.82) is 0 Å². The molecule has 0 atom stereocenters. The van der Waals surface area contributed by atoms with Crippen LogP contribution in [0.25, 0.3) is 0 Å².